The van der Waals surface area contributed by atoms with Gasteiger partial charge in [0.2, 0.25) is 0 Å². The minimum Gasteiger partial charge on any atom is -0.489 e. The molecule has 110 valence electrons. The number of benzene rings is 2. The predicted octanol–water partition coefficient (Wildman–Crippen LogP) is 0.349. The van der Waals surface area contributed by atoms with Crippen LogP contribution in [0.15, 0.2) is 53.4 Å². The van der Waals surface area contributed by atoms with Crippen LogP contribution < -0.4 is 10.2 Å². The van der Waals surface area contributed by atoms with E-state index in [1.165, 1.54) is 12.1 Å². The van der Waals surface area contributed by atoms with E-state index in [2.05, 4.69) is 0 Å². The Balaban J connectivity index is 2.10. The highest BCUT2D eigenvalue weighted by Gasteiger charge is 2.15. The van der Waals surface area contributed by atoms with Gasteiger partial charge in [0.15, 0.2) is 9.84 Å². The van der Waals surface area contributed by atoms with Gasteiger partial charge in [-0.05, 0) is 35.3 Å². The fourth-order valence-corrected chi connectivity index (χ4v) is 2.49. The van der Waals surface area contributed by atoms with Crippen LogP contribution in [0, 0.1) is 0 Å². The summed E-state index contributed by atoms with van der Waals surface area (Å²) in [6.07, 6.45) is 1.14. The average Bonchev–Trinajstić information content (AvgIpc) is 2.45. The molecule has 0 atom stereocenters. The lowest BCUT2D eigenvalue weighted by Gasteiger charge is -2.10. The Morgan fingerprint density at radius 3 is 2.24 bits per heavy atom. The van der Waals surface area contributed by atoms with E-state index in [1.807, 2.05) is 0 Å². The summed E-state index contributed by atoms with van der Waals surface area (Å²) in [4.78, 5) is 0.223. The van der Waals surface area contributed by atoms with Crippen LogP contribution in [0.1, 0.15) is 5.56 Å². The summed E-state index contributed by atoms with van der Waals surface area (Å²) < 4.78 is 28.2. The van der Waals surface area contributed by atoms with Crippen molar-refractivity contribution in [3.05, 3.63) is 54.1 Å². The molecule has 0 amide bonds. The van der Waals surface area contributed by atoms with Gasteiger partial charge in [-0.3, -0.25) is 0 Å². The van der Waals surface area contributed by atoms with E-state index in [0.717, 1.165) is 6.26 Å². The molecule has 2 rings (SSSR count). The Morgan fingerprint density at radius 2 is 1.67 bits per heavy atom. The number of hydrogen-bond acceptors (Lipinski definition) is 5. The summed E-state index contributed by atoms with van der Waals surface area (Å²) in [6, 6.07) is 12.9. The highest BCUT2D eigenvalue weighted by Crippen LogP contribution is 2.16. The molecule has 0 saturated heterocycles. The molecule has 0 fully saturated rings. The second-order valence-electron chi connectivity index (χ2n) is 4.60. The van der Waals surface area contributed by atoms with Crippen molar-refractivity contribution in [1.82, 2.24) is 0 Å². The lowest BCUT2D eigenvalue weighted by molar-refractivity contribution is 0.306. The second kappa shape index (κ2) is 6.30. The van der Waals surface area contributed by atoms with Crippen LogP contribution >= 0.6 is 0 Å². The molecule has 0 spiro atoms. The lowest BCUT2D eigenvalue weighted by atomic mass is 9.77. The monoisotopic (exact) mass is 306 g/mol. The molecule has 0 radical (unpaired) electrons. The highest BCUT2D eigenvalue weighted by molar-refractivity contribution is 7.90. The molecular weight excluding hydrogens is 291 g/mol. The summed E-state index contributed by atoms with van der Waals surface area (Å²) in [5.74, 6) is 0.504. The molecule has 21 heavy (non-hydrogen) atoms. The SMILES string of the molecule is CS(=O)(=O)c1ccc(OCc2ccccc2B(O)O)cc1. The first-order chi connectivity index (χ1) is 9.88. The van der Waals surface area contributed by atoms with Crippen molar-refractivity contribution in [3.8, 4) is 5.75 Å². The fourth-order valence-electron chi connectivity index (χ4n) is 1.86. The number of rotatable bonds is 5. The molecule has 0 bridgehead atoms. The number of hydrogen-bond donors (Lipinski definition) is 2. The van der Waals surface area contributed by atoms with Gasteiger partial charge >= 0.3 is 7.12 Å². The quantitative estimate of drug-likeness (QED) is 0.779. The van der Waals surface area contributed by atoms with Gasteiger partial charge in [0.05, 0.1) is 4.90 Å². The van der Waals surface area contributed by atoms with Crippen LogP contribution in [0.2, 0.25) is 0 Å². The molecule has 0 aliphatic carbocycles. The molecule has 2 aromatic rings. The van der Waals surface area contributed by atoms with Gasteiger partial charge in [-0.1, -0.05) is 24.3 Å². The molecule has 0 heterocycles. The van der Waals surface area contributed by atoms with Crippen LogP contribution in [0.4, 0.5) is 0 Å². The summed E-state index contributed by atoms with van der Waals surface area (Å²) in [5.41, 5.74) is 1.03. The first-order valence-electron chi connectivity index (χ1n) is 6.25. The van der Waals surface area contributed by atoms with E-state index in [-0.39, 0.29) is 11.5 Å². The fraction of sp³-hybridized carbons (Fsp3) is 0.143. The van der Waals surface area contributed by atoms with Gasteiger partial charge in [0.1, 0.15) is 12.4 Å². The zero-order valence-corrected chi connectivity index (χ0v) is 12.2. The van der Waals surface area contributed by atoms with Crippen LogP contribution in [0.3, 0.4) is 0 Å². The van der Waals surface area contributed by atoms with E-state index in [1.54, 1.807) is 36.4 Å². The molecule has 2 N–H and O–H groups in total. The minimum absolute atomic E-state index is 0.159. The molecule has 0 aliphatic rings. The summed E-state index contributed by atoms with van der Waals surface area (Å²) >= 11 is 0. The average molecular weight is 306 g/mol. The van der Waals surface area contributed by atoms with Gasteiger partial charge in [0, 0.05) is 6.26 Å². The molecule has 5 nitrogen and oxygen atoms in total. The Bertz CT molecular complexity index is 710. The standard InChI is InChI=1S/C14H15BO5S/c1-21(18,19)13-8-6-12(7-9-13)20-10-11-4-2-3-5-14(11)15(16)17/h2-9,16-17H,10H2,1H3. The van der Waals surface area contributed by atoms with Gasteiger partial charge in [-0.25, -0.2) is 8.42 Å². The summed E-state index contributed by atoms with van der Waals surface area (Å²) in [6.45, 7) is 0.159. The van der Waals surface area contributed by atoms with E-state index in [9.17, 15) is 18.5 Å². The molecule has 7 heteroatoms. The van der Waals surface area contributed by atoms with Crippen molar-refractivity contribution >= 4 is 22.4 Å². The molecule has 0 aliphatic heterocycles. The Kier molecular flexibility index (Phi) is 4.67. The normalized spacial score (nSPS) is 11.2. The minimum atomic E-state index is -3.23. The van der Waals surface area contributed by atoms with E-state index in [0.29, 0.717) is 16.8 Å². The second-order valence-corrected chi connectivity index (χ2v) is 6.62. The zero-order chi connectivity index (χ0) is 15.5. The first kappa shape index (κ1) is 15.6. The summed E-state index contributed by atoms with van der Waals surface area (Å²) in [5, 5.41) is 18.5. The van der Waals surface area contributed by atoms with Gasteiger partial charge in [-0.2, -0.15) is 0 Å². The smallest absolute Gasteiger partial charge is 0.488 e. The molecule has 0 saturated carbocycles. The Morgan fingerprint density at radius 1 is 1.05 bits per heavy atom. The van der Waals surface area contributed by atoms with E-state index >= 15 is 0 Å². The molecule has 0 aromatic heterocycles. The third-order valence-corrected chi connectivity index (χ3v) is 4.11. The van der Waals surface area contributed by atoms with E-state index in [4.69, 9.17) is 4.74 Å². The van der Waals surface area contributed by atoms with Crippen LogP contribution in [0.25, 0.3) is 0 Å². The van der Waals surface area contributed by atoms with Crippen molar-refractivity contribution in [2.75, 3.05) is 6.26 Å². The van der Waals surface area contributed by atoms with Gasteiger partial charge in [-0.15, -0.1) is 0 Å². The maximum atomic E-state index is 11.3. The van der Waals surface area contributed by atoms with Crippen molar-refractivity contribution in [3.63, 3.8) is 0 Å². The maximum absolute atomic E-state index is 11.3. The predicted molar refractivity (Wildman–Crippen MR) is 80.2 cm³/mol. The van der Waals surface area contributed by atoms with Gasteiger partial charge in [0.25, 0.3) is 0 Å². The number of sulfone groups is 1. The first-order valence-corrected chi connectivity index (χ1v) is 8.14. The van der Waals surface area contributed by atoms with E-state index < -0.39 is 17.0 Å². The highest BCUT2D eigenvalue weighted by atomic mass is 32.2. The molecular formula is C14H15BO5S. The molecule has 0 unspecified atom stereocenters. The van der Waals surface area contributed by atoms with Gasteiger partial charge < -0.3 is 14.8 Å². The van der Waals surface area contributed by atoms with Crippen molar-refractivity contribution < 1.29 is 23.2 Å². The van der Waals surface area contributed by atoms with Crippen molar-refractivity contribution in [2.24, 2.45) is 0 Å². The zero-order valence-electron chi connectivity index (χ0n) is 11.4. The van der Waals surface area contributed by atoms with Crippen molar-refractivity contribution in [1.29, 1.82) is 0 Å². The van der Waals surface area contributed by atoms with Crippen molar-refractivity contribution in [2.45, 2.75) is 11.5 Å². The van der Waals surface area contributed by atoms with Crippen LogP contribution in [0.5, 0.6) is 5.75 Å². The Hall–Kier alpha value is -1.83. The molecule has 2 aromatic carbocycles. The van der Waals surface area contributed by atoms with Crippen LogP contribution in [-0.4, -0.2) is 31.8 Å². The summed E-state index contributed by atoms with van der Waals surface area (Å²) in [7, 11) is -4.78. The third-order valence-electron chi connectivity index (χ3n) is 2.98. The Labute approximate surface area is 123 Å². The maximum Gasteiger partial charge on any atom is 0.488 e. The van der Waals surface area contributed by atoms with Crippen LogP contribution in [-0.2, 0) is 16.4 Å². The topological polar surface area (TPSA) is 83.8 Å². The third kappa shape index (κ3) is 4.07. The lowest BCUT2D eigenvalue weighted by Crippen LogP contribution is -2.33. The largest absolute Gasteiger partial charge is 0.489 e. The number of ether oxygens (including phenoxy) is 1.